The summed E-state index contributed by atoms with van der Waals surface area (Å²) in [6.45, 7) is 2.48. The zero-order valence-corrected chi connectivity index (χ0v) is 11.1. The van der Waals surface area contributed by atoms with Crippen LogP contribution < -0.4 is 0 Å². The lowest BCUT2D eigenvalue weighted by atomic mass is 10.1. The number of carbonyl (C=O) groups excluding carboxylic acids is 1. The Kier molecular flexibility index (Phi) is 3.95. The second-order valence-corrected chi connectivity index (χ2v) is 4.63. The van der Waals surface area contributed by atoms with Gasteiger partial charge in [-0.15, -0.1) is 0 Å². The molecule has 0 aliphatic rings. The van der Waals surface area contributed by atoms with E-state index in [9.17, 15) is 9.18 Å². The molecule has 0 radical (unpaired) electrons. The van der Waals surface area contributed by atoms with E-state index >= 15 is 0 Å². The first-order valence-electron chi connectivity index (χ1n) is 6.13. The lowest BCUT2D eigenvalue weighted by Crippen LogP contribution is -2.27. The minimum absolute atomic E-state index is 0.108. The van der Waals surface area contributed by atoms with Crippen LogP contribution in [0.5, 0.6) is 0 Å². The third-order valence-corrected chi connectivity index (χ3v) is 2.99. The smallest absolute Gasteiger partial charge is 0.256 e. The van der Waals surface area contributed by atoms with Gasteiger partial charge in [-0.2, -0.15) is 0 Å². The Labute approximate surface area is 112 Å². The van der Waals surface area contributed by atoms with Crippen molar-refractivity contribution in [1.29, 1.82) is 0 Å². The summed E-state index contributed by atoms with van der Waals surface area (Å²) in [5, 5.41) is 0. The number of rotatable bonds is 3. The number of aryl methyl sites for hydroxylation is 1. The van der Waals surface area contributed by atoms with Crippen molar-refractivity contribution in [2.75, 3.05) is 7.05 Å². The molecular formula is C16H16FNO. The van der Waals surface area contributed by atoms with Crippen LogP contribution in [0.25, 0.3) is 0 Å². The number of halogens is 1. The van der Waals surface area contributed by atoms with Gasteiger partial charge in [0, 0.05) is 13.6 Å². The van der Waals surface area contributed by atoms with E-state index in [1.165, 1.54) is 22.6 Å². The van der Waals surface area contributed by atoms with Crippen LogP contribution in [0.1, 0.15) is 21.5 Å². The molecule has 0 atom stereocenters. The number of benzene rings is 2. The van der Waals surface area contributed by atoms with Crippen molar-refractivity contribution >= 4 is 5.91 Å². The Bertz CT molecular complexity index is 578. The van der Waals surface area contributed by atoms with Gasteiger partial charge in [0.05, 0.1) is 5.56 Å². The van der Waals surface area contributed by atoms with Gasteiger partial charge in [-0.3, -0.25) is 4.79 Å². The molecule has 0 unspecified atom stereocenters. The molecule has 19 heavy (non-hydrogen) atoms. The summed E-state index contributed by atoms with van der Waals surface area (Å²) in [4.78, 5) is 13.6. The molecule has 0 heterocycles. The van der Waals surface area contributed by atoms with Crippen molar-refractivity contribution in [3.63, 3.8) is 0 Å². The second kappa shape index (κ2) is 5.65. The number of amides is 1. The fraction of sp³-hybridized carbons (Fsp3) is 0.188. The largest absolute Gasteiger partial charge is 0.337 e. The summed E-state index contributed by atoms with van der Waals surface area (Å²) in [6.07, 6.45) is 0. The zero-order valence-electron chi connectivity index (χ0n) is 11.1. The van der Waals surface area contributed by atoms with Crippen LogP contribution in [-0.2, 0) is 6.54 Å². The van der Waals surface area contributed by atoms with E-state index in [4.69, 9.17) is 0 Å². The Balaban J connectivity index is 2.12. The minimum atomic E-state index is -0.483. The maximum atomic E-state index is 13.5. The van der Waals surface area contributed by atoms with Gasteiger partial charge >= 0.3 is 0 Å². The third kappa shape index (κ3) is 3.19. The van der Waals surface area contributed by atoms with Crippen molar-refractivity contribution < 1.29 is 9.18 Å². The molecule has 0 aliphatic carbocycles. The van der Waals surface area contributed by atoms with E-state index in [2.05, 4.69) is 0 Å². The predicted octanol–water partition coefficient (Wildman–Crippen LogP) is 3.41. The fourth-order valence-electron chi connectivity index (χ4n) is 1.88. The third-order valence-electron chi connectivity index (χ3n) is 2.99. The van der Waals surface area contributed by atoms with E-state index in [1.54, 1.807) is 19.2 Å². The molecule has 0 aromatic heterocycles. The lowest BCUT2D eigenvalue weighted by Gasteiger charge is -2.17. The Morgan fingerprint density at radius 3 is 2.37 bits per heavy atom. The Morgan fingerprint density at radius 2 is 1.74 bits per heavy atom. The van der Waals surface area contributed by atoms with Gasteiger partial charge in [0.2, 0.25) is 0 Å². The van der Waals surface area contributed by atoms with Crippen LogP contribution in [0.4, 0.5) is 4.39 Å². The maximum Gasteiger partial charge on any atom is 0.256 e. The van der Waals surface area contributed by atoms with E-state index in [1.807, 2.05) is 31.2 Å². The SMILES string of the molecule is Cc1ccc(CN(C)C(=O)c2ccccc2F)cc1. The van der Waals surface area contributed by atoms with Crippen LogP contribution >= 0.6 is 0 Å². The van der Waals surface area contributed by atoms with Crippen LogP contribution in [0, 0.1) is 12.7 Å². The van der Waals surface area contributed by atoms with E-state index < -0.39 is 5.82 Å². The molecule has 0 spiro atoms. The lowest BCUT2D eigenvalue weighted by molar-refractivity contribution is 0.0780. The highest BCUT2D eigenvalue weighted by Crippen LogP contribution is 2.12. The molecule has 2 nitrogen and oxygen atoms in total. The van der Waals surface area contributed by atoms with Gasteiger partial charge in [0.15, 0.2) is 0 Å². The molecule has 2 aromatic rings. The molecule has 0 saturated heterocycles. The van der Waals surface area contributed by atoms with Crippen molar-refractivity contribution in [1.82, 2.24) is 4.90 Å². The average Bonchev–Trinajstić information content (AvgIpc) is 2.41. The molecule has 1 amide bonds. The van der Waals surface area contributed by atoms with Gasteiger partial charge < -0.3 is 4.90 Å². The average molecular weight is 257 g/mol. The normalized spacial score (nSPS) is 10.3. The summed E-state index contributed by atoms with van der Waals surface area (Å²) < 4.78 is 13.5. The van der Waals surface area contributed by atoms with Crippen LogP contribution in [-0.4, -0.2) is 17.9 Å². The molecule has 2 aromatic carbocycles. The van der Waals surface area contributed by atoms with Crippen LogP contribution in [0.3, 0.4) is 0 Å². The molecule has 3 heteroatoms. The highest BCUT2D eigenvalue weighted by atomic mass is 19.1. The molecule has 0 N–H and O–H groups in total. The molecule has 0 saturated carbocycles. The van der Waals surface area contributed by atoms with Gasteiger partial charge in [-0.1, -0.05) is 42.0 Å². The van der Waals surface area contributed by atoms with Crippen LogP contribution in [0.2, 0.25) is 0 Å². The van der Waals surface area contributed by atoms with Gasteiger partial charge in [0.1, 0.15) is 5.82 Å². The number of hydrogen-bond acceptors (Lipinski definition) is 1. The Morgan fingerprint density at radius 1 is 1.11 bits per heavy atom. The molecule has 0 bridgehead atoms. The maximum absolute atomic E-state index is 13.5. The first kappa shape index (κ1) is 13.3. The quantitative estimate of drug-likeness (QED) is 0.825. The van der Waals surface area contributed by atoms with E-state index in [-0.39, 0.29) is 11.5 Å². The van der Waals surface area contributed by atoms with Crippen molar-refractivity contribution in [3.05, 3.63) is 71.0 Å². The van der Waals surface area contributed by atoms with Crippen molar-refractivity contribution in [3.8, 4) is 0 Å². The summed E-state index contributed by atoms with van der Waals surface area (Å²) in [7, 11) is 1.68. The number of hydrogen-bond donors (Lipinski definition) is 0. The van der Waals surface area contributed by atoms with Gasteiger partial charge in [-0.05, 0) is 24.6 Å². The summed E-state index contributed by atoms with van der Waals surface area (Å²) in [5.41, 5.74) is 2.31. The second-order valence-electron chi connectivity index (χ2n) is 4.63. The van der Waals surface area contributed by atoms with E-state index in [0.717, 1.165) is 5.56 Å². The molecule has 0 fully saturated rings. The number of carbonyl (C=O) groups is 1. The standard InChI is InChI=1S/C16H16FNO/c1-12-7-9-13(10-8-12)11-18(2)16(19)14-5-3-4-6-15(14)17/h3-10H,11H2,1-2H3. The van der Waals surface area contributed by atoms with E-state index in [0.29, 0.717) is 6.54 Å². The zero-order chi connectivity index (χ0) is 13.8. The predicted molar refractivity (Wildman–Crippen MR) is 73.4 cm³/mol. The summed E-state index contributed by atoms with van der Waals surface area (Å²) >= 11 is 0. The highest BCUT2D eigenvalue weighted by Gasteiger charge is 2.15. The summed E-state index contributed by atoms with van der Waals surface area (Å²) in [6, 6.07) is 14.0. The van der Waals surface area contributed by atoms with Crippen molar-refractivity contribution in [2.24, 2.45) is 0 Å². The Hall–Kier alpha value is -2.16. The number of nitrogens with zero attached hydrogens (tertiary/aromatic N) is 1. The molecule has 0 aliphatic heterocycles. The molecule has 2 rings (SSSR count). The van der Waals surface area contributed by atoms with Gasteiger partial charge in [0.25, 0.3) is 5.91 Å². The molecule has 98 valence electrons. The topological polar surface area (TPSA) is 20.3 Å². The fourth-order valence-corrected chi connectivity index (χ4v) is 1.88. The first-order chi connectivity index (χ1) is 9.08. The first-order valence-corrected chi connectivity index (χ1v) is 6.13. The molecular weight excluding hydrogens is 241 g/mol. The minimum Gasteiger partial charge on any atom is -0.337 e. The highest BCUT2D eigenvalue weighted by molar-refractivity contribution is 5.94. The van der Waals surface area contributed by atoms with Crippen molar-refractivity contribution in [2.45, 2.75) is 13.5 Å². The monoisotopic (exact) mass is 257 g/mol. The van der Waals surface area contributed by atoms with Gasteiger partial charge in [-0.25, -0.2) is 4.39 Å². The summed E-state index contributed by atoms with van der Waals surface area (Å²) in [5.74, 6) is -0.790. The van der Waals surface area contributed by atoms with Crippen LogP contribution in [0.15, 0.2) is 48.5 Å².